The quantitative estimate of drug-likeness (QED) is 0.633. The van der Waals surface area contributed by atoms with Gasteiger partial charge in [-0.25, -0.2) is 14.4 Å². The Morgan fingerprint density at radius 1 is 1.43 bits per heavy atom. The molecule has 1 fully saturated rings. The maximum Gasteiger partial charge on any atom is 0.148 e. The van der Waals surface area contributed by atoms with E-state index in [9.17, 15) is 4.39 Å². The van der Waals surface area contributed by atoms with Gasteiger partial charge in [0.25, 0.3) is 0 Å². The van der Waals surface area contributed by atoms with Gasteiger partial charge >= 0.3 is 0 Å². The van der Waals surface area contributed by atoms with Gasteiger partial charge in [0.1, 0.15) is 19.3 Å². The molecular weight excluding hydrogens is 180 g/mol. The minimum atomic E-state index is -1.18. The summed E-state index contributed by atoms with van der Waals surface area (Å²) < 4.78 is 13.3. The van der Waals surface area contributed by atoms with Crippen LogP contribution in [-0.2, 0) is 5.54 Å². The highest BCUT2D eigenvalue weighted by molar-refractivity contribution is 6.31. The molecule has 1 saturated carbocycles. The summed E-state index contributed by atoms with van der Waals surface area (Å²) in [4.78, 5) is 8.02. The lowest BCUT2D eigenvalue weighted by molar-refractivity contribution is -0.00335. The first-order valence-electron chi connectivity index (χ1n) is 4.47. The minimum Gasteiger partial charge on any atom is -0.319 e. The average Bonchev–Trinajstić information content (AvgIpc) is 2.01. The largest absolute Gasteiger partial charge is 0.319 e. The van der Waals surface area contributed by atoms with Crippen LogP contribution in [0.25, 0.3) is 0 Å². The predicted molar refractivity (Wildman–Crippen MR) is 52.0 cm³/mol. The maximum absolute atomic E-state index is 13.3. The molecule has 0 aliphatic heterocycles. The van der Waals surface area contributed by atoms with Crippen molar-refractivity contribution in [3.8, 4) is 0 Å². The lowest BCUT2D eigenvalue weighted by Gasteiger charge is -2.46. The van der Waals surface area contributed by atoms with Crippen molar-refractivity contribution in [2.24, 2.45) is 5.73 Å². The van der Waals surface area contributed by atoms with E-state index in [1.165, 1.54) is 19.3 Å². The van der Waals surface area contributed by atoms with Crippen LogP contribution in [-0.4, -0.2) is 23.5 Å². The molecule has 2 rings (SSSR count). The third-order valence-corrected chi connectivity index (χ3v) is 2.49. The molecule has 0 unspecified atom stereocenters. The van der Waals surface area contributed by atoms with Crippen LogP contribution in [0.15, 0.2) is 12.4 Å². The number of nitrogens with zero attached hydrogens (tertiary/aromatic N) is 2. The molecule has 1 aromatic heterocycles. The fourth-order valence-corrected chi connectivity index (χ4v) is 2.02. The molecule has 0 bridgehead atoms. The Morgan fingerprint density at radius 2 is 1.93 bits per heavy atom. The molecule has 0 spiro atoms. The van der Waals surface area contributed by atoms with Crippen molar-refractivity contribution >= 4 is 13.3 Å². The normalized spacial score (nSPS) is 36.5. The second-order valence-corrected chi connectivity index (χ2v) is 4.26. The smallest absolute Gasteiger partial charge is 0.148 e. The summed E-state index contributed by atoms with van der Waals surface area (Å²) in [5.41, 5.74) is 4.54. The lowest BCUT2D eigenvalue weighted by Crippen LogP contribution is -2.57. The molecule has 1 aliphatic carbocycles. The van der Waals surface area contributed by atoms with Crippen LogP contribution in [0, 0.1) is 0 Å². The number of hydrogen-bond acceptors (Lipinski definition) is 3. The van der Waals surface area contributed by atoms with Crippen molar-refractivity contribution in [2.75, 3.05) is 0 Å². The van der Waals surface area contributed by atoms with Gasteiger partial charge in [-0.15, -0.1) is 0 Å². The van der Waals surface area contributed by atoms with Gasteiger partial charge in [0.2, 0.25) is 0 Å². The highest BCUT2D eigenvalue weighted by Gasteiger charge is 2.52. The molecule has 2 radical (unpaired) electrons. The van der Waals surface area contributed by atoms with Crippen molar-refractivity contribution in [1.29, 1.82) is 0 Å². The third-order valence-electron chi connectivity index (χ3n) is 2.49. The summed E-state index contributed by atoms with van der Waals surface area (Å²) in [6, 6.07) is 0. The zero-order valence-corrected chi connectivity index (χ0v) is 8.00. The van der Waals surface area contributed by atoms with Crippen molar-refractivity contribution in [1.82, 2.24) is 9.97 Å². The predicted octanol–water partition coefficient (Wildman–Crippen LogP) is -0.0536. The molecule has 0 saturated heterocycles. The summed E-state index contributed by atoms with van der Waals surface area (Å²) in [6.45, 7) is 1.54. The molecule has 1 aliphatic rings. The van der Waals surface area contributed by atoms with Gasteiger partial charge < -0.3 is 5.73 Å². The standard InChI is InChI=1S/C9H11BFN3/c1-8(11)4-9(12,5-8)7-13-2-6(10)3-14-7/h2-3H,4-5,12H2,1H3. The topological polar surface area (TPSA) is 51.8 Å². The van der Waals surface area contributed by atoms with E-state index in [0.717, 1.165) is 0 Å². The summed E-state index contributed by atoms with van der Waals surface area (Å²) in [5.74, 6) is 0.474. The summed E-state index contributed by atoms with van der Waals surface area (Å²) in [6.07, 6.45) is 3.52. The monoisotopic (exact) mass is 191 g/mol. The number of nitrogens with two attached hydrogens (primary N) is 1. The summed E-state index contributed by atoms with van der Waals surface area (Å²) >= 11 is 0. The Balaban J connectivity index is 2.21. The Hall–Kier alpha value is -0.965. The van der Waals surface area contributed by atoms with Crippen LogP contribution in [0.2, 0.25) is 0 Å². The Bertz CT molecular complexity index is 342. The van der Waals surface area contributed by atoms with Crippen LogP contribution < -0.4 is 11.2 Å². The van der Waals surface area contributed by atoms with Crippen LogP contribution >= 0.6 is 0 Å². The van der Waals surface area contributed by atoms with E-state index in [1.54, 1.807) is 0 Å². The van der Waals surface area contributed by atoms with Gasteiger partial charge in [-0.2, -0.15) is 0 Å². The molecule has 0 atom stereocenters. The van der Waals surface area contributed by atoms with E-state index in [2.05, 4.69) is 9.97 Å². The lowest BCUT2D eigenvalue weighted by atomic mass is 9.67. The van der Waals surface area contributed by atoms with E-state index >= 15 is 0 Å². The fourth-order valence-electron chi connectivity index (χ4n) is 2.02. The van der Waals surface area contributed by atoms with Crippen molar-refractivity contribution in [2.45, 2.75) is 31.0 Å². The van der Waals surface area contributed by atoms with Gasteiger partial charge in [0.15, 0.2) is 0 Å². The first-order valence-corrected chi connectivity index (χ1v) is 4.47. The number of aromatic nitrogens is 2. The molecule has 0 amide bonds. The summed E-state index contributed by atoms with van der Waals surface area (Å²) in [5, 5.41) is 0. The van der Waals surface area contributed by atoms with E-state index in [0.29, 0.717) is 11.3 Å². The molecular formula is C9H11BFN3. The highest BCUT2D eigenvalue weighted by Crippen LogP contribution is 2.47. The van der Waals surface area contributed by atoms with E-state index in [4.69, 9.17) is 13.6 Å². The van der Waals surface area contributed by atoms with Crippen molar-refractivity contribution in [3.05, 3.63) is 18.2 Å². The molecule has 72 valence electrons. The maximum atomic E-state index is 13.3. The zero-order chi connectivity index (χ0) is 10.4. The van der Waals surface area contributed by atoms with Crippen molar-refractivity contribution in [3.63, 3.8) is 0 Å². The number of hydrogen-bond donors (Lipinski definition) is 1. The van der Waals surface area contributed by atoms with Gasteiger partial charge in [0.05, 0.1) is 5.54 Å². The van der Waals surface area contributed by atoms with Gasteiger partial charge in [-0.05, 0) is 6.92 Å². The van der Waals surface area contributed by atoms with Gasteiger partial charge in [-0.3, -0.25) is 0 Å². The van der Waals surface area contributed by atoms with Gasteiger partial charge in [-0.1, -0.05) is 5.46 Å². The second-order valence-electron chi connectivity index (χ2n) is 4.26. The molecule has 1 aromatic rings. The molecule has 14 heavy (non-hydrogen) atoms. The molecule has 5 heteroatoms. The first-order chi connectivity index (χ1) is 6.41. The van der Waals surface area contributed by atoms with Crippen LogP contribution in [0.1, 0.15) is 25.6 Å². The molecule has 3 nitrogen and oxygen atoms in total. The molecule has 2 N–H and O–H groups in total. The highest BCUT2D eigenvalue weighted by atomic mass is 19.1. The Labute approximate surface area is 83.3 Å². The Kier molecular flexibility index (Phi) is 1.89. The Morgan fingerprint density at radius 3 is 2.36 bits per heavy atom. The molecule has 1 heterocycles. The minimum absolute atomic E-state index is 0.268. The van der Waals surface area contributed by atoms with Crippen LogP contribution in [0.4, 0.5) is 4.39 Å². The van der Waals surface area contributed by atoms with E-state index < -0.39 is 11.2 Å². The summed E-state index contributed by atoms with van der Waals surface area (Å²) in [7, 11) is 5.44. The third kappa shape index (κ3) is 1.52. The number of halogens is 1. The van der Waals surface area contributed by atoms with Crippen LogP contribution in [0.3, 0.4) is 0 Å². The van der Waals surface area contributed by atoms with Crippen molar-refractivity contribution < 1.29 is 4.39 Å². The van der Waals surface area contributed by atoms with Gasteiger partial charge in [0, 0.05) is 25.2 Å². The number of rotatable bonds is 1. The average molecular weight is 191 g/mol. The second kappa shape index (κ2) is 2.76. The van der Waals surface area contributed by atoms with E-state index in [-0.39, 0.29) is 12.8 Å². The van der Waals surface area contributed by atoms with Crippen LogP contribution in [0.5, 0.6) is 0 Å². The van der Waals surface area contributed by atoms with E-state index in [1.807, 2.05) is 0 Å². The number of alkyl halides is 1. The fraction of sp³-hybridized carbons (Fsp3) is 0.556. The zero-order valence-electron chi connectivity index (χ0n) is 8.00. The molecule has 0 aromatic carbocycles. The first kappa shape index (κ1) is 9.58. The SMILES string of the molecule is [B]c1cnc(C2(N)CC(C)(F)C2)nc1.